The summed E-state index contributed by atoms with van der Waals surface area (Å²) < 4.78 is 26.4. The number of hydrogen-bond donors (Lipinski definition) is 0. The highest BCUT2D eigenvalue weighted by Gasteiger charge is 2.16. The Bertz CT molecular complexity index is 551. The molecule has 0 saturated heterocycles. The third-order valence-corrected chi connectivity index (χ3v) is 3.45. The quantitative estimate of drug-likeness (QED) is 0.469. The lowest BCUT2D eigenvalue weighted by Gasteiger charge is -2.08. The van der Waals surface area contributed by atoms with Crippen molar-refractivity contribution < 1.29 is 18.1 Å². The molecule has 0 unspecified atom stereocenters. The van der Waals surface area contributed by atoms with Gasteiger partial charge in [-0.15, -0.1) is 0 Å². The maximum Gasteiger partial charge on any atom is 0.272 e. The van der Waals surface area contributed by atoms with Gasteiger partial charge in [-0.2, -0.15) is 0 Å². The van der Waals surface area contributed by atoms with Gasteiger partial charge in [-0.1, -0.05) is 23.2 Å². The molecule has 0 aliphatic rings. The lowest BCUT2D eigenvalue weighted by atomic mass is 10.3. The lowest BCUT2D eigenvalue weighted by molar-refractivity contribution is -0.384. The molecular weight excluding hydrogens is 329 g/mol. The minimum absolute atomic E-state index is 0.0238. The van der Waals surface area contributed by atoms with Gasteiger partial charge in [0.1, 0.15) is 6.61 Å². The van der Waals surface area contributed by atoms with Gasteiger partial charge in [-0.3, -0.25) is 10.1 Å². The van der Waals surface area contributed by atoms with Crippen molar-refractivity contribution in [1.82, 2.24) is 0 Å². The predicted molar refractivity (Wildman–Crippen MR) is 68.3 cm³/mol. The third-order valence-electron chi connectivity index (χ3n) is 1.77. The van der Waals surface area contributed by atoms with Crippen LogP contribution in [0.5, 0.6) is 5.75 Å². The summed E-state index contributed by atoms with van der Waals surface area (Å²) in [6.07, 6.45) is 0. The van der Waals surface area contributed by atoms with E-state index < -0.39 is 19.7 Å². The maximum atomic E-state index is 10.7. The molecule has 0 aliphatic carbocycles. The van der Waals surface area contributed by atoms with E-state index in [9.17, 15) is 18.5 Å². The van der Waals surface area contributed by atoms with Crippen molar-refractivity contribution in [2.45, 2.75) is 0 Å². The van der Waals surface area contributed by atoms with Crippen LogP contribution in [0.25, 0.3) is 0 Å². The largest absolute Gasteiger partial charge is 0.489 e. The van der Waals surface area contributed by atoms with E-state index in [1.807, 2.05) is 0 Å². The van der Waals surface area contributed by atoms with Crippen LogP contribution in [-0.4, -0.2) is 25.7 Å². The van der Waals surface area contributed by atoms with Gasteiger partial charge in [-0.25, -0.2) is 8.42 Å². The summed E-state index contributed by atoms with van der Waals surface area (Å²) in [5, 5.41) is 10.3. The van der Waals surface area contributed by atoms with Gasteiger partial charge in [-0.05, 0) is 0 Å². The van der Waals surface area contributed by atoms with Crippen LogP contribution in [0, 0.1) is 10.1 Å². The summed E-state index contributed by atoms with van der Waals surface area (Å²) in [5.41, 5.74) is -0.290. The minimum Gasteiger partial charge on any atom is -0.489 e. The van der Waals surface area contributed by atoms with Crippen LogP contribution in [0.15, 0.2) is 12.1 Å². The molecule has 0 bridgehead atoms. The second-order valence-corrected chi connectivity index (χ2v) is 6.80. The topological polar surface area (TPSA) is 86.5 Å². The molecule has 0 amide bonds. The summed E-state index contributed by atoms with van der Waals surface area (Å²) in [6.45, 7) is -0.261. The highest BCUT2D eigenvalue weighted by Crippen LogP contribution is 2.36. The molecule has 0 radical (unpaired) electrons. The van der Waals surface area contributed by atoms with E-state index in [0.717, 1.165) is 12.1 Å². The highest BCUT2D eigenvalue weighted by atomic mass is 35.7. The molecule has 1 rings (SSSR count). The van der Waals surface area contributed by atoms with Gasteiger partial charge in [0.15, 0.2) is 5.75 Å². The average Bonchev–Trinajstić information content (AvgIpc) is 2.20. The summed E-state index contributed by atoms with van der Waals surface area (Å²) in [5.74, 6) is -0.456. The van der Waals surface area contributed by atoms with E-state index in [4.69, 9.17) is 38.6 Å². The van der Waals surface area contributed by atoms with Crippen molar-refractivity contribution >= 4 is 48.6 Å². The van der Waals surface area contributed by atoms with Crippen LogP contribution in [0.3, 0.4) is 0 Å². The number of nitro groups is 1. The summed E-state index contributed by atoms with van der Waals surface area (Å²) in [6, 6.07) is 2.11. The Morgan fingerprint density at radius 1 is 1.28 bits per heavy atom. The zero-order chi connectivity index (χ0) is 13.9. The summed E-state index contributed by atoms with van der Waals surface area (Å²) in [4.78, 5) is 9.85. The fourth-order valence-corrected chi connectivity index (χ4v) is 2.09. The molecule has 6 nitrogen and oxygen atoms in total. The molecule has 10 heteroatoms. The Morgan fingerprint density at radius 3 is 2.17 bits per heavy atom. The Morgan fingerprint density at radius 2 is 1.78 bits per heavy atom. The van der Waals surface area contributed by atoms with Crippen LogP contribution in [0.4, 0.5) is 5.69 Å². The molecule has 0 atom stereocenters. The van der Waals surface area contributed by atoms with Crippen LogP contribution >= 0.6 is 33.9 Å². The monoisotopic (exact) mass is 333 g/mol. The van der Waals surface area contributed by atoms with Gasteiger partial charge in [0.25, 0.3) is 5.69 Å². The standard InChI is InChI=1S/C8H6Cl3NO5S/c9-6-3-5(12(13)14)4-7(10)8(6)17-1-2-18(11,15)16/h3-4H,1-2H2. The second-order valence-electron chi connectivity index (χ2n) is 3.09. The molecule has 0 aliphatic heterocycles. The van der Waals surface area contributed by atoms with E-state index in [-0.39, 0.29) is 28.1 Å². The van der Waals surface area contributed by atoms with Gasteiger partial charge in [0.05, 0.1) is 20.7 Å². The second kappa shape index (κ2) is 5.92. The maximum absolute atomic E-state index is 10.7. The fraction of sp³-hybridized carbons (Fsp3) is 0.250. The molecule has 100 valence electrons. The Labute approximate surface area is 117 Å². The molecular formula is C8H6Cl3NO5S. The van der Waals surface area contributed by atoms with Gasteiger partial charge in [0, 0.05) is 22.8 Å². The lowest BCUT2D eigenvalue weighted by Crippen LogP contribution is -2.09. The van der Waals surface area contributed by atoms with Crippen molar-refractivity contribution in [3.05, 3.63) is 32.3 Å². The van der Waals surface area contributed by atoms with Crippen molar-refractivity contribution in [2.24, 2.45) is 0 Å². The van der Waals surface area contributed by atoms with Crippen molar-refractivity contribution in [2.75, 3.05) is 12.4 Å². The number of hydrogen-bond acceptors (Lipinski definition) is 5. The smallest absolute Gasteiger partial charge is 0.272 e. The number of halogens is 3. The fourth-order valence-electron chi connectivity index (χ4n) is 1.03. The Kier molecular flexibility index (Phi) is 5.03. The molecule has 18 heavy (non-hydrogen) atoms. The third kappa shape index (κ3) is 4.49. The van der Waals surface area contributed by atoms with Crippen LogP contribution in [0.1, 0.15) is 0 Å². The first-order chi connectivity index (χ1) is 8.20. The zero-order valence-corrected chi connectivity index (χ0v) is 11.7. The number of non-ortho nitro benzene ring substituents is 1. The molecule has 0 fully saturated rings. The molecule has 0 saturated carbocycles. The molecule has 1 aromatic carbocycles. The van der Waals surface area contributed by atoms with Crippen molar-refractivity contribution in [1.29, 1.82) is 0 Å². The van der Waals surface area contributed by atoms with Crippen molar-refractivity contribution in [3.8, 4) is 5.75 Å². The molecule has 0 aromatic heterocycles. The zero-order valence-electron chi connectivity index (χ0n) is 8.60. The summed E-state index contributed by atoms with van der Waals surface area (Å²) in [7, 11) is 1.29. The SMILES string of the molecule is O=[N+]([O-])c1cc(Cl)c(OCCS(=O)(=O)Cl)c(Cl)c1. The first-order valence-corrected chi connectivity index (χ1v) is 7.62. The number of benzene rings is 1. The number of ether oxygens (including phenoxy) is 1. The number of nitro benzene ring substituents is 1. The number of rotatable bonds is 5. The van der Waals surface area contributed by atoms with Gasteiger partial charge >= 0.3 is 0 Å². The Balaban J connectivity index is 2.87. The molecule has 0 spiro atoms. The van der Waals surface area contributed by atoms with Crippen LogP contribution in [0.2, 0.25) is 10.0 Å². The van der Waals surface area contributed by atoms with Crippen LogP contribution in [-0.2, 0) is 9.05 Å². The number of nitrogens with zero attached hydrogens (tertiary/aromatic N) is 1. The highest BCUT2D eigenvalue weighted by molar-refractivity contribution is 8.13. The van der Waals surface area contributed by atoms with Gasteiger partial charge < -0.3 is 4.74 Å². The van der Waals surface area contributed by atoms with E-state index >= 15 is 0 Å². The normalized spacial score (nSPS) is 11.3. The average molecular weight is 335 g/mol. The predicted octanol–water partition coefficient (Wildman–Crippen LogP) is 2.85. The van der Waals surface area contributed by atoms with E-state index in [1.54, 1.807) is 0 Å². The Hall–Kier alpha value is -0.760. The van der Waals surface area contributed by atoms with Gasteiger partial charge in [0.2, 0.25) is 9.05 Å². The first kappa shape index (κ1) is 15.3. The first-order valence-electron chi connectivity index (χ1n) is 4.39. The van der Waals surface area contributed by atoms with E-state index in [1.165, 1.54) is 0 Å². The minimum atomic E-state index is -3.69. The van der Waals surface area contributed by atoms with E-state index in [2.05, 4.69) is 0 Å². The summed E-state index contributed by atoms with van der Waals surface area (Å²) >= 11 is 11.5. The molecule has 0 heterocycles. The van der Waals surface area contributed by atoms with Crippen LogP contribution < -0.4 is 4.74 Å². The van der Waals surface area contributed by atoms with Crippen molar-refractivity contribution in [3.63, 3.8) is 0 Å². The van der Waals surface area contributed by atoms with E-state index in [0.29, 0.717) is 0 Å². The molecule has 0 N–H and O–H groups in total. The molecule has 1 aromatic rings.